The maximum absolute atomic E-state index is 12.2. The third-order valence-corrected chi connectivity index (χ3v) is 3.75. The molecule has 0 saturated heterocycles. The highest BCUT2D eigenvalue weighted by Gasteiger charge is 2.14. The molecule has 5 nitrogen and oxygen atoms in total. The predicted molar refractivity (Wildman–Crippen MR) is 105 cm³/mol. The molecule has 2 aromatic rings. The van der Waals surface area contributed by atoms with Crippen LogP contribution in [0.4, 0.5) is 11.4 Å². The third kappa shape index (κ3) is 5.89. The fourth-order valence-electron chi connectivity index (χ4n) is 2.28. The topological polar surface area (TPSA) is 70.2 Å². The molecule has 3 N–H and O–H groups in total. The molecule has 2 rings (SSSR count). The van der Waals surface area contributed by atoms with Crippen LogP contribution in [0, 0.1) is 12.8 Å². The summed E-state index contributed by atoms with van der Waals surface area (Å²) in [6.45, 7) is 4.39. The molecule has 134 valence electrons. The van der Waals surface area contributed by atoms with Gasteiger partial charge < -0.3 is 16.0 Å². The zero-order valence-corrected chi connectivity index (χ0v) is 15.4. The molecule has 1 atom stereocenters. The Balaban J connectivity index is 0.00000312. The summed E-state index contributed by atoms with van der Waals surface area (Å²) < 4.78 is 0. The molecule has 0 aliphatic heterocycles. The van der Waals surface area contributed by atoms with Crippen LogP contribution in [-0.4, -0.2) is 25.4 Å². The van der Waals surface area contributed by atoms with Gasteiger partial charge in [0.1, 0.15) is 0 Å². The molecule has 0 saturated carbocycles. The Labute approximate surface area is 154 Å². The fourth-order valence-corrected chi connectivity index (χ4v) is 2.28. The van der Waals surface area contributed by atoms with E-state index in [1.807, 2.05) is 51.2 Å². The first kappa shape index (κ1) is 20.7. The minimum atomic E-state index is -0.180. The van der Waals surface area contributed by atoms with Crippen LogP contribution in [-0.2, 0) is 4.79 Å². The van der Waals surface area contributed by atoms with Crippen molar-refractivity contribution in [2.45, 2.75) is 13.8 Å². The van der Waals surface area contributed by atoms with Gasteiger partial charge in [-0.25, -0.2) is 0 Å². The van der Waals surface area contributed by atoms with Crippen molar-refractivity contribution in [1.82, 2.24) is 5.32 Å². The first-order valence-electron chi connectivity index (χ1n) is 7.93. The van der Waals surface area contributed by atoms with Crippen molar-refractivity contribution in [3.05, 3.63) is 59.7 Å². The normalized spacial score (nSPS) is 11.2. The number of anilines is 2. The Morgan fingerprint density at radius 1 is 1.04 bits per heavy atom. The molecule has 25 heavy (non-hydrogen) atoms. The van der Waals surface area contributed by atoms with Gasteiger partial charge in [-0.05, 0) is 43.8 Å². The Bertz CT molecular complexity index is 720. The van der Waals surface area contributed by atoms with Crippen LogP contribution in [0.15, 0.2) is 48.5 Å². The number of rotatable bonds is 6. The highest BCUT2D eigenvalue weighted by Crippen LogP contribution is 2.21. The van der Waals surface area contributed by atoms with Crippen LogP contribution in [0.25, 0.3) is 0 Å². The lowest BCUT2D eigenvalue weighted by Crippen LogP contribution is -2.28. The van der Waals surface area contributed by atoms with Gasteiger partial charge in [-0.2, -0.15) is 0 Å². The van der Waals surface area contributed by atoms with Gasteiger partial charge in [0.15, 0.2) is 0 Å². The lowest BCUT2D eigenvalue weighted by molar-refractivity contribution is -0.119. The van der Waals surface area contributed by atoms with Crippen molar-refractivity contribution in [1.29, 1.82) is 0 Å². The summed E-state index contributed by atoms with van der Waals surface area (Å²) in [5.74, 6) is -0.378. The lowest BCUT2D eigenvalue weighted by atomic mass is 10.1. The largest absolute Gasteiger partial charge is 0.325 e. The highest BCUT2D eigenvalue weighted by atomic mass is 35.5. The molecule has 0 radical (unpaired) electrons. The Morgan fingerprint density at radius 2 is 1.72 bits per heavy atom. The Hall–Kier alpha value is -2.37. The summed E-state index contributed by atoms with van der Waals surface area (Å²) in [5, 5.41) is 8.76. The van der Waals surface area contributed by atoms with Gasteiger partial charge in [-0.15, -0.1) is 12.4 Å². The second kappa shape index (κ2) is 9.81. The van der Waals surface area contributed by atoms with Crippen LogP contribution in [0.3, 0.4) is 0 Å². The van der Waals surface area contributed by atoms with Crippen LogP contribution in [0.1, 0.15) is 22.8 Å². The fraction of sp³-hybridized carbons (Fsp3) is 0.263. The zero-order chi connectivity index (χ0) is 17.5. The summed E-state index contributed by atoms with van der Waals surface area (Å²) >= 11 is 0. The monoisotopic (exact) mass is 361 g/mol. The molecule has 0 aliphatic carbocycles. The predicted octanol–water partition coefficient (Wildman–Crippen LogP) is 3.46. The first-order chi connectivity index (χ1) is 11.5. The van der Waals surface area contributed by atoms with Crippen molar-refractivity contribution < 1.29 is 9.59 Å². The molecule has 2 amide bonds. The molecular formula is C19H24ClN3O2. The number of hydrogen-bond donors (Lipinski definition) is 3. The average Bonchev–Trinajstić information content (AvgIpc) is 2.58. The minimum absolute atomic E-state index is 0. The van der Waals surface area contributed by atoms with Crippen LogP contribution in [0.2, 0.25) is 0 Å². The van der Waals surface area contributed by atoms with E-state index in [0.29, 0.717) is 23.5 Å². The number of amides is 2. The van der Waals surface area contributed by atoms with E-state index in [1.165, 1.54) is 0 Å². The zero-order valence-electron chi connectivity index (χ0n) is 14.6. The van der Waals surface area contributed by atoms with E-state index in [1.54, 1.807) is 18.2 Å². The van der Waals surface area contributed by atoms with Crippen molar-refractivity contribution in [3.63, 3.8) is 0 Å². The van der Waals surface area contributed by atoms with E-state index in [9.17, 15) is 9.59 Å². The second-order valence-electron chi connectivity index (χ2n) is 5.80. The maximum atomic E-state index is 12.2. The number of halogens is 1. The van der Waals surface area contributed by atoms with E-state index >= 15 is 0 Å². The lowest BCUT2D eigenvalue weighted by Gasteiger charge is -2.15. The van der Waals surface area contributed by atoms with Gasteiger partial charge in [0.2, 0.25) is 5.91 Å². The van der Waals surface area contributed by atoms with Gasteiger partial charge in [0.25, 0.3) is 5.91 Å². The van der Waals surface area contributed by atoms with Gasteiger partial charge >= 0.3 is 0 Å². The van der Waals surface area contributed by atoms with Crippen LogP contribution < -0.4 is 16.0 Å². The van der Waals surface area contributed by atoms with Gasteiger partial charge in [0, 0.05) is 29.4 Å². The number of hydrogen-bond acceptors (Lipinski definition) is 3. The van der Waals surface area contributed by atoms with E-state index < -0.39 is 0 Å². The Morgan fingerprint density at radius 3 is 2.36 bits per heavy atom. The molecule has 0 heterocycles. The molecule has 0 fully saturated rings. The molecule has 2 aromatic carbocycles. The van der Waals surface area contributed by atoms with Gasteiger partial charge in [-0.1, -0.05) is 31.2 Å². The summed E-state index contributed by atoms with van der Waals surface area (Å²) in [5.41, 5.74) is 2.88. The standard InChI is InChI=1S/C19H23N3O2.ClH/c1-13-9-10-16(21-19(24)15-7-5-4-6-8-15)11-17(13)22-18(23)14(2)12-20-3;/h4-11,14,20H,12H2,1-3H3,(H,21,24)(H,22,23);1H. The minimum Gasteiger partial charge on any atom is -0.325 e. The number of nitrogens with one attached hydrogen (secondary N) is 3. The third-order valence-electron chi connectivity index (χ3n) is 3.75. The molecule has 0 aromatic heterocycles. The molecule has 0 spiro atoms. The number of carbonyl (C=O) groups excluding carboxylic acids is 2. The number of aryl methyl sites for hydroxylation is 1. The van der Waals surface area contributed by atoms with E-state index in [4.69, 9.17) is 0 Å². The van der Waals surface area contributed by atoms with E-state index in [2.05, 4.69) is 16.0 Å². The maximum Gasteiger partial charge on any atom is 0.255 e. The van der Waals surface area contributed by atoms with Crippen LogP contribution >= 0.6 is 12.4 Å². The first-order valence-corrected chi connectivity index (χ1v) is 7.93. The van der Waals surface area contributed by atoms with Crippen LogP contribution in [0.5, 0.6) is 0 Å². The summed E-state index contributed by atoms with van der Waals surface area (Å²) in [6, 6.07) is 14.5. The molecule has 0 aliphatic rings. The van der Waals surface area contributed by atoms with Gasteiger partial charge in [0.05, 0.1) is 0 Å². The average molecular weight is 362 g/mol. The SMILES string of the molecule is CNCC(C)C(=O)Nc1cc(NC(=O)c2ccccc2)ccc1C.Cl. The van der Waals surface area contributed by atoms with E-state index in [-0.39, 0.29) is 30.1 Å². The molecule has 1 unspecified atom stereocenters. The quantitative estimate of drug-likeness (QED) is 0.737. The molecular weight excluding hydrogens is 338 g/mol. The molecule has 6 heteroatoms. The van der Waals surface area contributed by atoms with Gasteiger partial charge in [-0.3, -0.25) is 9.59 Å². The summed E-state index contributed by atoms with van der Waals surface area (Å²) in [4.78, 5) is 24.4. The summed E-state index contributed by atoms with van der Waals surface area (Å²) in [7, 11) is 1.81. The Kier molecular flexibility index (Phi) is 8.11. The summed E-state index contributed by atoms with van der Waals surface area (Å²) in [6.07, 6.45) is 0. The number of benzene rings is 2. The smallest absolute Gasteiger partial charge is 0.255 e. The van der Waals surface area contributed by atoms with E-state index in [0.717, 1.165) is 5.56 Å². The van der Waals surface area contributed by atoms with Crippen molar-refractivity contribution in [3.8, 4) is 0 Å². The highest BCUT2D eigenvalue weighted by molar-refractivity contribution is 6.04. The molecule has 0 bridgehead atoms. The van der Waals surface area contributed by atoms with Crippen molar-refractivity contribution in [2.24, 2.45) is 5.92 Å². The second-order valence-corrected chi connectivity index (χ2v) is 5.80. The van der Waals surface area contributed by atoms with Crippen molar-refractivity contribution >= 4 is 35.6 Å². The number of carbonyl (C=O) groups is 2. The van der Waals surface area contributed by atoms with Crippen molar-refractivity contribution in [2.75, 3.05) is 24.2 Å².